The summed E-state index contributed by atoms with van der Waals surface area (Å²) in [6.07, 6.45) is 1.19. The average Bonchev–Trinajstić information content (AvgIpc) is 2.27. The Kier molecular flexibility index (Phi) is 2.76. The lowest BCUT2D eigenvalue weighted by Gasteiger charge is -2.04. The minimum absolute atomic E-state index is 0.0121. The molecule has 8 heteroatoms. The Labute approximate surface area is 99.8 Å². The summed E-state index contributed by atoms with van der Waals surface area (Å²) in [4.78, 5) is 38.9. The van der Waals surface area contributed by atoms with Crippen molar-refractivity contribution in [2.45, 2.75) is 6.92 Å². The highest BCUT2D eigenvalue weighted by Crippen LogP contribution is 2.27. The van der Waals surface area contributed by atoms with Crippen LogP contribution in [0.2, 0.25) is 0 Å². The predicted molar refractivity (Wildman–Crippen MR) is 63.3 cm³/mol. The molecule has 0 atom stereocenters. The minimum Gasteiger partial charge on any atom is -0.321 e. The number of benzene rings is 1. The lowest BCUT2D eigenvalue weighted by Crippen LogP contribution is -2.11. The molecule has 1 amide bonds. The molecule has 92 valence electrons. The van der Waals surface area contributed by atoms with Gasteiger partial charge in [-0.25, -0.2) is 4.98 Å². The molecule has 8 nitrogen and oxygen atoms in total. The van der Waals surface area contributed by atoms with E-state index in [1.165, 1.54) is 19.3 Å². The fourth-order valence-electron chi connectivity index (χ4n) is 1.54. The van der Waals surface area contributed by atoms with Crippen LogP contribution in [0.1, 0.15) is 6.92 Å². The van der Waals surface area contributed by atoms with E-state index in [1.54, 1.807) is 0 Å². The number of nitro benzene ring substituents is 1. The molecule has 0 spiro atoms. The van der Waals surface area contributed by atoms with Gasteiger partial charge in [-0.05, 0) is 6.07 Å². The second kappa shape index (κ2) is 4.24. The molecule has 2 N–H and O–H groups in total. The van der Waals surface area contributed by atoms with Gasteiger partial charge in [0, 0.05) is 13.0 Å². The minimum atomic E-state index is -0.669. The number of aromatic amines is 1. The number of fused-ring (bicyclic) bond motifs is 1. The van der Waals surface area contributed by atoms with Crippen LogP contribution in [-0.2, 0) is 4.79 Å². The van der Waals surface area contributed by atoms with E-state index in [1.807, 2.05) is 0 Å². The summed E-state index contributed by atoms with van der Waals surface area (Å²) in [5, 5.41) is 13.3. The third-order valence-electron chi connectivity index (χ3n) is 2.27. The molecule has 0 aliphatic rings. The van der Waals surface area contributed by atoms with Crippen LogP contribution in [0, 0.1) is 10.1 Å². The largest absolute Gasteiger partial charge is 0.321 e. The number of carbonyl (C=O) groups is 1. The highest BCUT2D eigenvalue weighted by Gasteiger charge is 2.17. The fraction of sp³-hybridized carbons (Fsp3) is 0.100. The van der Waals surface area contributed by atoms with E-state index in [9.17, 15) is 19.7 Å². The Bertz CT molecular complexity index is 707. The maximum absolute atomic E-state index is 11.5. The van der Waals surface area contributed by atoms with Crippen LogP contribution in [-0.4, -0.2) is 20.8 Å². The Morgan fingerprint density at radius 3 is 2.83 bits per heavy atom. The Morgan fingerprint density at radius 1 is 1.50 bits per heavy atom. The number of nitro groups is 1. The van der Waals surface area contributed by atoms with Gasteiger partial charge in [-0.15, -0.1) is 0 Å². The van der Waals surface area contributed by atoms with E-state index < -0.39 is 16.4 Å². The zero-order valence-electron chi connectivity index (χ0n) is 9.26. The molecule has 1 aromatic heterocycles. The maximum Gasteiger partial charge on any atom is 0.293 e. The molecule has 0 unspecified atom stereocenters. The second-order valence-corrected chi connectivity index (χ2v) is 3.56. The van der Waals surface area contributed by atoms with Gasteiger partial charge in [0.1, 0.15) is 5.69 Å². The van der Waals surface area contributed by atoms with Gasteiger partial charge in [-0.2, -0.15) is 0 Å². The number of rotatable bonds is 2. The number of anilines is 1. The number of hydrogen-bond acceptors (Lipinski definition) is 5. The first kappa shape index (κ1) is 11.7. The van der Waals surface area contributed by atoms with Crippen LogP contribution >= 0.6 is 0 Å². The molecule has 0 saturated heterocycles. The van der Waals surface area contributed by atoms with Gasteiger partial charge in [0.2, 0.25) is 5.91 Å². The molecular weight excluding hydrogens is 240 g/mol. The SMILES string of the molecule is CC(=O)Nc1cc2nc[nH]c(=O)c2cc1[N+](=O)[O-]. The van der Waals surface area contributed by atoms with Crippen molar-refractivity contribution in [1.29, 1.82) is 0 Å². The van der Waals surface area contributed by atoms with Crippen molar-refractivity contribution in [2.75, 3.05) is 5.32 Å². The lowest BCUT2D eigenvalue weighted by atomic mass is 10.2. The summed E-state index contributed by atoms with van der Waals surface area (Å²) in [5.41, 5.74) is -0.542. The quantitative estimate of drug-likeness (QED) is 0.601. The van der Waals surface area contributed by atoms with Crippen LogP contribution in [0.4, 0.5) is 11.4 Å². The predicted octanol–water partition coefficient (Wildman–Crippen LogP) is 0.790. The number of nitrogens with zero attached hydrogens (tertiary/aromatic N) is 2. The van der Waals surface area contributed by atoms with Crippen LogP contribution in [0.5, 0.6) is 0 Å². The van der Waals surface area contributed by atoms with Crippen molar-refractivity contribution >= 4 is 28.2 Å². The van der Waals surface area contributed by atoms with Gasteiger partial charge in [0.15, 0.2) is 0 Å². The number of aromatic nitrogens is 2. The Hall–Kier alpha value is -2.77. The van der Waals surface area contributed by atoms with Crippen molar-refractivity contribution in [2.24, 2.45) is 0 Å². The molecule has 0 aliphatic carbocycles. The van der Waals surface area contributed by atoms with Gasteiger partial charge in [0.05, 0.1) is 22.2 Å². The monoisotopic (exact) mass is 248 g/mol. The van der Waals surface area contributed by atoms with Gasteiger partial charge < -0.3 is 10.3 Å². The standard InChI is InChI=1S/C10H8N4O4/c1-5(15)13-8-3-7-6(2-9(8)14(17)18)10(16)12-4-11-7/h2-4H,1H3,(H,13,15)(H,11,12,16). The van der Waals surface area contributed by atoms with Gasteiger partial charge in [-0.1, -0.05) is 0 Å². The number of H-pyrrole nitrogens is 1. The number of amides is 1. The third kappa shape index (κ3) is 2.03. The van der Waals surface area contributed by atoms with E-state index in [4.69, 9.17) is 0 Å². The normalized spacial score (nSPS) is 10.3. The van der Waals surface area contributed by atoms with Crippen LogP contribution in [0.25, 0.3) is 10.9 Å². The molecule has 0 bridgehead atoms. The molecule has 18 heavy (non-hydrogen) atoms. The second-order valence-electron chi connectivity index (χ2n) is 3.56. The molecule has 2 rings (SSSR count). The number of carbonyl (C=O) groups excluding carboxylic acids is 1. The molecule has 2 aromatic rings. The summed E-state index contributed by atoms with van der Waals surface area (Å²) < 4.78 is 0. The molecule has 0 saturated carbocycles. The van der Waals surface area contributed by atoms with Crippen LogP contribution in [0.15, 0.2) is 23.3 Å². The van der Waals surface area contributed by atoms with Gasteiger partial charge in [-0.3, -0.25) is 19.7 Å². The molecule has 0 fully saturated rings. The summed E-state index contributed by atoms with van der Waals surface area (Å²) >= 11 is 0. The van der Waals surface area contributed by atoms with Crippen molar-refractivity contribution in [3.8, 4) is 0 Å². The summed E-state index contributed by atoms with van der Waals surface area (Å²) in [6.45, 7) is 1.24. The first-order chi connectivity index (χ1) is 8.49. The molecule has 1 heterocycles. The van der Waals surface area contributed by atoms with E-state index >= 15 is 0 Å². The summed E-state index contributed by atoms with van der Waals surface area (Å²) in [7, 11) is 0. The molecule has 0 aliphatic heterocycles. The first-order valence-corrected chi connectivity index (χ1v) is 4.92. The zero-order valence-corrected chi connectivity index (χ0v) is 9.26. The third-order valence-corrected chi connectivity index (χ3v) is 2.27. The van der Waals surface area contributed by atoms with E-state index in [2.05, 4.69) is 15.3 Å². The molecule has 0 radical (unpaired) electrons. The number of nitrogens with one attached hydrogen (secondary N) is 2. The van der Waals surface area contributed by atoms with E-state index in [-0.39, 0.29) is 22.3 Å². The van der Waals surface area contributed by atoms with E-state index in [0.29, 0.717) is 0 Å². The highest BCUT2D eigenvalue weighted by molar-refractivity contribution is 5.95. The highest BCUT2D eigenvalue weighted by atomic mass is 16.6. The zero-order chi connectivity index (χ0) is 13.3. The Balaban J connectivity index is 2.76. The van der Waals surface area contributed by atoms with Crippen LogP contribution in [0.3, 0.4) is 0 Å². The lowest BCUT2D eigenvalue weighted by molar-refractivity contribution is -0.383. The van der Waals surface area contributed by atoms with Gasteiger partial charge in [0.25, 0.3) is 11.2 Å². The van der Waals surface area contributed by atoms with Crippen molar-refractivity contribution in [3.63, 3.8) is 0 Å². The molecular formula is C10H8N4O4. The average molecular weight is 248 g/mol. The maximum atomic E-state index is 11.5. The van der Waals surface area contributed by atoms with Crippen molar-refractivity contribution in [1.82, 2.24) is 9.97 Å². The smallest absolute Gasteiger partial charge is 0.293 e. The fourth-order valence-corrected chi connectivity index (χ4v) is 1.54. The van der Waals surface area contributed by atoms with Crippen molar-refractivity contribution in [3.05, 3.63) is 38.9 Å². The summed E-state index contributed by atoms with van der Waals surface area (Å²) in [5.74, 6) is -0.442. The Morgan fingerprint density at radius 2 is 2.22 bits per heavy atom. The van der Waals surface area contributed by atoms with E-state index in [0.717, 1.165) is 6.07 Å². The van der Waals surface area contributed by atoms with Gasteiger partial charge >= 0.3 is 0 Å². The van der Waals surface area contributed by atoms with Crippen LogP contribution < -0.4 is 10.9 Å². The topological polar surface area (TPSA) is 118 Å². The number of hydrogen-bond donors (Lipinski definition) is 2. The molecule has 1 aromatic carbocycles. The summed E-state index contributed by atoms with van der Waals surface area (Å²) in [6, 6.07) is 2.39. The first-order valence-electron chi connectivity index (χ1n) is 4.92. The van der Waals surface area contributed by atoms with Crippen molar-refractivity contribution < 1.29 is 9.72 Å².